The minimum absolute atomic E-state index is 0.146. The second kappa shape index (κ2) is 4.46. The van der Waals surface area contributed by atoms with Gasteiger partial charge in [0, 0.05) is 22.4 Å². The highest BCUT2D eigenvalue weighted by Crippen LogP contribution is 2.32. The van der Waals surface area contributed by atoms with E-state index in [0.29, 0.717) is 34.4 Å². The van der Waals surface area contributed by atoms with Crippen molar-refractivity contribution in [2.45, 2.75) is 6.42 Å². The minimum atomic E-state index is -0.182. The number of fused-ring (bicyclic) bond motifs is 2. The maximum atomic E-state index is 12.6. The van der Waals surface area contributed by atoms with E-state index in [4.69, 9.17) is 5.73 Å². The van der Waals surface area contributed by atoms with Gasteiger partial charge in [-0.1, -0.05) is 36.4 Å². The Bertz CT molecular complexity index is 760. The van der Waals surface area contributed by atoms with Gasteiger partial charge in [0.15, 0.2) is 11.6 Å². The van der Waals surface area contributed by atoms with E-state index in [1.54, 1.807) is 42.5 Å². The van der Waals surface area contributed by atoms with Crippen molar-refractivity contribution in [2.75, 3.05) is 5.73 Å². The van der Waals surface area contributed by atoms with E-state index >= 15 is 0 Å². The van der Waals surface area contributed by atoms with Gasteiger partial charge in [0.05, 0.1) is 5.56 Å². The van der Waals surface area contributed by atoms with Crippen molar-refractivity contribution >= 4 is 17.3 Å². The Morgan fingerprint density at radius 2 is 1.60 bits per heavy atom. The van der Waals surface area contributed by atoms with Crippen LogP contribution in [0.5, 0.6) is 0 Å². The summed E-state index contributed by atoms with van der Waals surface area (Å²) in [5.74, 6) is -0.328. The number of nitrogens with two attached hydrogens (primary N) is 1. The summed E-state index contributed by atoms with van der Waals surface area (Å²) in [6, 6.07) is 10.3. The summed E-state index contributed by atoms with van der Waals surface area (Å²) in [6.07, 6.45) is 2.30. The average Bonchev–Trinajstić information content (AvgIpc) is 2.47. The lowest BCUT2D eigenvalue weighted by atomic mass is 9.82. The SMILES string of the molecule is C=CCc1ccc2c(c1N)C(=O)c1ccccc1C2=O. The molecule has 20 heavy (non-hydrogen) atoms. The lowest BCUT2D eigenvalue weighted by Gasteiger charge is -2.20. The summed E-state index contributed by atoms with van der Waals surface area (Å²) >= 11 is 0. The van der Waals surface area contributed by atoms with Crippen LogP contribution in [0.25, 0.3) is 0 Å². The molecule has 3 rings (SSSR count). The monoisotopic (exact) mass is 263 g/mol. The predicted octanol–water partition coefficient (Wildman–Crippen LogP) is 2.77. The van der Waals surface area contributed by atoms with E-state index in [9.17, 15) is 9.59 Å². The van der Waals surface area contributed by atoms with Crippen LogP contribution >= 0.6 is 0 Å². The quantitative estimate of drug-likeness (QED) is 0.571. The third-order valence-corrected chi connectivity index (χ3v) is 3.59. The van der Waals surface area contributed by atoms with Gasteiger partial charge in [-0.3, -0.25) is 9.59 Å². The van der Waals surface area contributed by atoms with Crippen LogP contribution in [0.1, 0.15) is 37.4 Å². The van der Waals surface area contributed by atoms with Crippen LogP contribution in [0.3, 0.4) is 0 Å². The van der Waals surface area contributed by atoms with Crippen LogP contribution in [0, 0.1) is 0 Å². The molecule has 0 saturated carbocycles. The lowest BCUT2D eigenvalue weighted by Crippen LogP contribution is -2.22. The molecule has 0 fully saturated rings. The van der Waals surface area contributed by atoms with Gasteiger partial charge in [0.25, 0.3) is 0 Å². The van der Waals surface area contributed by atoms with Crippen molar-refractivity contribution in [1.29, 1.82) is 0 Å². The highest BCUT2D eigenvalue weighted by Gasteiger charge is 2.31. The molecule has 0 atom stereocenters. The molecule has 1 aliphatic carbocycles. The first kappa shape index (κ1) is 12.4. The largest absolute Gasteiger partial charge is 0.398 e. The van der Waals surface area contributed by atoms with Crippen molar-refractivity contribution < 1.29 is 9.59 Å². The zero-order chi connectivity index (χ0) is 14.3. The number of rotatable bonds is 2. The van der Waals surface area contributed by atoms with Crippen molar-refractivity contribution in [3.8, 4) is 0 Å². The molecule has 0 radical (unpaired) electrons. The molecule has 0 amide bonds. The summed E-state index contributed by atoms with van der Waals surface area (Å²) in [7, 11) is 0. The normalized spacial score (nSPS) is 12.8. The molecular weight excluding hydrogens is 250 g/mol. The first-order valence-electron chi connectivity index (χ1n) is 6.36. The fraction of sp³-hybridized carbons (Fsp3) is 0.0588. The van der Waals surface area contributed by atoms with Gasteiger partial charge in [-0.05, 0) is 18.1 Å². The zero-order valence-corrected chi connectivity index (χ0v) is 10.8. The first-order valence-corrected chi connectivity index (χ1v) is 6.36. The van der Waals surface area contributed by atoms with Crippen LogP contribution in [0.4, 0.5) is 5.69 Å². The molecule has 2 aromatic carbocycles. The van der Waals surface area contributed by atoms with E-state index in [-0.39, 0.29) is 11.6 Å². The summed E-state index contributed by atoms with van der Waals surface area (Å²) in [5.41, 5.74) is 8.87. The number of allylic oxidation sites excluding steroid dienone is 1. The Morgan fingerprint density at radius 1 is 0.950 bits per heavy atom. The molecule has 2 N–H and O–H groups in total. The highest BCUT2D eigenvalue weighted by atomic mass is 16.1. The maximum absolute atomic E-state index is 12.6. The van der Waals surface area contributed by atoms with Gasteiger partial charge in [-0.15, -0.1) is 6.58 Å². The van der Waals surface area contributed by atoms with Crippen LogP contribution in [0.2, 0.25) is 0 Å². The van der Waals surface area contributed by atoms with E-state index in [2.05, 4.69) is 6.58 Å². The first-order chi connectivity index (χ1) is 9.65. The fourth-order valence-corrected chi connectivity index (χ4v) is 2.59. The maximum Gasteiger partial charge on any atom is 0.196 e. The number of anilines is 1. The Kier molecular flexibility index (Phi) is 2.75. The second-order valence-electron chi connectivity index (χ2n) is 4.76. The Balaban J connectivity index is 2.28. The number of hydrogen-bond donors (Lipinski definition) is 1. The van der Waals surface area contributed by atoms with Gasteiger partial charge in [0.2, 0.25) is 0 Å². The van der Waals surface area contributed by atoms with Crippen LogP contribution < -0.4 is 5.73 Å². The summed E-state index contributed by atoms with van der Waals surface area (Å²) in [4.78, 5) is 25.0. The molecule has 0 aliphatic heterocycles. The topological polar surface area (TPSA) is 60.2 Å². The lowest BCUT2D eigenvalue weighted by molar-refractivity contribution is 0.0979. The highest BCUT2D eigenvalue weighted by molar-refractivity contribution is 6.30. The van der Waals surface area contributed by atoms with E-state index in [1.807, 2.05) is 0 Å². The van der Waals surface area contributed by atoms with Crippen molar-refractivity contribution in [3.05, 3.63) is 76.9 Å². The van der Waals surface area contributed by atoms with Crippen molar-refractivity contribution in [3.63, 3.8) is 0 Å². The molecule has 0 heterocycles. The van der Waals surface area contributed by atoms with E-state index in [0.717, 1.165) is 5.56 Å². The minimum Gasteiger partial charge on any atom is -0.398 e. The molecule has 3 nitrogen and oxygen atoms in total. The van der Waals surface area contributed by atoms with Crippen molar-refractivity contribution in [2.24, 2.45) is 0 Å². The number of nitrogen functional groups attached to an aromatic ring is 1. The van der Waals surface area contributed by atoms with Gasteiger partial charge in [-0.25, -0.2) is 0 Å². The second-order valence-corrected chi connectivity index (χ2v) is 4.76. The summed E-state index contributed by atoms with van der Waals surface area (Å²) in [5, 5.41) is 0. The van der Waals surface area contributed by atoms with Gasteiger partial charge >= 0.3 is 0 Å². The van der Waals surface area contributed by atoms with Gasteiger partial charge in [-0.2, -0.15) is 0 Å². The Labute approximate surface area is 116 Å². The van der Waals surface area contributed by atoms with Gasteiger partial charge < -0.3 is 5.73 Å². The molecule has 1 aliphatic rings. The molecule has 0 spiro atoms. The zero-order valence-electron chi connectivity index (χ0n) is 10.8. The molecule has 98 valence electrons. The smallest absolute Gasteiger partial charge is 0.196 e. The molecular formula is C17H13NO2. The van der Waals surface area contributed by atoms with Crippen LogP contribution in [0.15, 0.2) is 49.1 Å². The van der Waals surface area contributed by atoms with Crippen LogP contribution in [-0.2, 0) is 6.42 Å². The predicted molar refractivity (Wildman–Crippen MR) is 78.1 cm³/mol. The number of carbonyl (C=O) groups excluding carboxylic acids is 2. The molecule has 3 heteroatoms. The molecule has 2 aromatic rings. The summed E-state index contributed by atoms with van der Waals surface area (Å²) in [6.45, 7) is 3.67. The number of hydrogen-bond acceptors (Lipinski definition) is 3. The Hall–Kier alpha value is -2.68. The molecule has 0 bridgehead atoms. The molecule has 0 saturated heterocycles. The van der Waals surface area contributed by atoms with Crippen molar-refractivity contribution in [1.82, 2.24) is 0 Å². The average molecular weight is 263 g/mol. The van der Waals surface area contributed by atoms with E-state index in [1.165, 1.54) is 0 Å². The standard InChI is InChI=1S/C17H13NO2/c1-2-5-10-8-9-13-14(15(10)18)17(20)12-7-4-3-6-11(12)16(13)19/h2-4,6-9H,1,5,18H2. The van der Waals surface area contributed by atoms with Gasteiger partial charge in [0.1, 0.15) is 0 Å². The molecule has 0 aromatic heterocycles. The third-order valence-electron chi connectivity index (χ3n) is 3.59. The number of benzene rings is 2. The third kappa shape index (κ3) is 1.60. The molecule has 0 unspecified atom stereocenters. The Morgan fingerprint density at radius 3 is 2.25 bits per heavy atom. The van der Waals surface area contributed by atoms with E-state index < -0.39 is 0 Å². The fourth-order valence-electron chi connectivity index (χ4n) is 2.59. The summed E-state index contributed by atoms with van der Waals surface area (Å²) < 4.78 is 0. The van der Waals surface area contributed by atoms with Crippen LogP contribution in [-0.4, -0.2) is 11.6 Å². The number of ketones is 2. The number of carbonyl (C=O) groups is 2.